The minimum atomic E-state index is -1.27. The third-order valence-corrected chi connectivity index (χ3v) is 5.65. The number of likely N-dealkylation sites (N-methyl/N-ethyl adjacent to an activating group) is 1. The van der Waals surface area contributed by atoms with Crippen LogP contribution in [0.3, 0.4) is 0 Å². The molecule has 1 N–H and O–H groups in total. The van der Waals surface area contributed by atoms with Crippen molar-refractivity contribution in [1.29, 1.82) is 0 Å². The number of nitrogens with zero attached hydrogens (tertiary/aromatic N) is 2. The van der Waals surface area contributed by atoms with Crippen LogP contribution >= 0.6 is 0 Å². The maximum atomic E-state index is 13.2. The van der Waals surface area contributed by atoms with Crippen LogP contribution in [0.1, 0.15) is 19.4 Å². The summed E-state index contributed by atoms with van der Waals surface area (Å²) in [6, 6.07) is 18.2. The molecule has 0 bridgehead atoms. The van der Waals surface area contributed by atoms with Crippen LogP contribution in [0.15, 0.2) is 66.7 Å². The molecule has 3 aromatic rings. The van der Waals surface area contributed by atoms with Crippen molar-refractivity contribution in [2.75, 3.05) is 18.0 Å². The van der Waals surface area contributed by atoms with E-state index >= 15 is 0 Å². The maximum Gasteiger partial charge on any atom is 0.325 e. The number of halogens is 1. The first kappa shape index (κ1) is 20.5. The SMILES string of the molecule is CCN(C(=O)CN1C(=O)N[C@@](C)(c2ccc3ccccc3c2)C1=O)c1ccc(F)cc1. The highest BCUT2D eigenvalue weighted by atomic mass is 19.1. The highest BCUT2D eigenvalue weighted by Gasteiger charge is 2.49. The van der Waals surface area contributed by atoms with Gasteiger partial charge < -0.3 is 10.2 Å². The number of imide groups is 1. The van der Waals surface area contributed by atoms with E-state index in [2.05, 4.69) is 5.32 Å². The van der Waals surface area contributed by atoms with Crippen molar-refractivity contribution in [3.05, 3.63) is 78.1 Å². The van der Waals surface area contributed by atoms with Gasteiger partial charge in [-0.3, -0.25) is 14.5 Å². The molecule has 1 fully saturated rings. The quantitative estimate of drug-likeness (QED) is 0.640. The topological polar surface area (TPSA) is 69.7 Å². The van der Waals surface area contributed by atoms with Gasteiger partial charge in [-0.15, -0.1) is 0 Å². The Morgan fingerprint density at radius 3 is 2.39 bits per heavy atom. The third-order valence-electron chi connectivity index (χ3n) is 5.65. The molecule has 1 heterocycles. The summed E-state index contributed by atoms with van der Waals surface area (Å²) in [6.45, 7) is 3.32. The van der Waals surface area contributed by atoms with Gasteiger partial charge in [0.1, 0.15) is 17.9 Å². The minimum absolute atomic E-state index is 0.316. The first-order valence-electron chi connectivity index (χ1n) is 10.0. The van der Waals surface area contributed by atoms with E-state index in [4.69, 9.17) is 0 Å². The fourth-order valence-corrected chi connectivity index (χ4v) is 3.88. The number of nitrogens with one attached hydrogen (secondary N) is 1. The molecule has 3 aromatic carbocycles. The normalized spacial score (nSPS) is 18.4. The molecule has 1 saturated heterocycles. The average Bonchev–Trinajstić information content (AvgIpc) is 2.99. The lowest BCUT2D eigenvalue weighted by Crippen LogP contribution is -2.44. The summed E-state index contributed by atoms with van der Waals surface area (Å²) < 4.78 is 13.2. The van der Waals surface area contributed by atoms with Gasteiger partial charge in [0.15, 0.2) is 0 Å². The standard InChI is InChI=1S/C24H22FN3O3/c1-3-27(20-12-10-19(25)11-13-20)21(29)15-28-22(30)24(2,26-23(28)31)18-9-8-16-6-4-5-7-17(16)14-18/h4-14H,3,15H2,1-2H3,(H,26,31)/t24-/m0/s1. The van der Waals surface area contributed by atoms with Crippen LogP contribution in [0.5, 0.6) is 0 Å². The molecule has 0 unspecified atom stereocenters. The summed E-state index contributed by atoms with van der Waals surface area (Å²) in [5.74, 6) is -1.33. The number of hydrogen-bond acceptors (Lipinski definition) is 3. The lowest BCUT2D eigenvalue weighted by Gasteiger charge is -2.25. The van der Waals surface area contributed by atoms with Crippen LogP contribution in [0.25, 0.3) is 10.8 Å². The van der Waals surface area contributed by atoms with E-state index in [1.165, 1.54) is 29.2 Å². The van der Waals surface area contributed by atoms with E-state index in [1.807, 2.05) is 42.5 Å². The predicted molar refractivity (Wildman–Crippen MR) is 116 cm³/mol. The first-order chi connectivity index (χ1) is 14.8. The molecule has 4 rings (SSSR count). The number of rotatable bonds is 5. The van der Waals surface area contributed by atoms with Gasteiger partial charge in [0.05, 0.1) is 0 Å². The molecular formula is C24H22FN3O3. The van der Waals surface area contributed by atoms with Gasteiger partial charge >= 0.3 is 6.03 Å². The van der Waals surface area contributed by atoms with E-state index in [-0.39, 0.29) is 0 Å². The fraction of sp³-hybridized carbons (Fsp3) is 0.208. The molecule has 0 aromatic heterocycles. The summed E-state index contributed by atoms with van der Waals surface area (Å²) in [7, 11) is 0. The smallest absolute Gasteiger partial charge is 0.319 e. The number of benzene rings is 3. The maximum absolute atomic E-state index is 13.2. The Labute approximate surface area is 179 Å². The number of fused-ring (bicyclic) bond motifs is 1. The van der Waals surface area contributed by atoms with Gasteiger partial charge in [0, 0.05) is 12.2 Å². The number of urea groups is 1. The van der Waals surface area contributed by atoms with Crippen molar-refractivity contribution in [2.45, 2.75) is 19.4 Å². The second-order valence-electron chi connectivity index (χ2n) is 7.62. The number of hydrogen-bond donors (Lipinski definition) is 1. The van der Waals surface area contributed by atoms with Gasteiger partial charge in [0.25, 0.3) is 5.91 Å². The summed E-state index contributed by atoms with van der Waals surface area (Å²) >= 11 is 0. The number of anilines is 1. The second kappa shape index (κ2) is 7.83. The molecule has 0 radical (unpaired) electrons. The van der Waals surface area contributed by atoms with Gasteiger partial charge in [-0.2, -0.15) is 0 Å². The molecule has 1 atom stereocenters. The largest absolute Gasteiger partial charge is 0.325 e. The molecule has 0 spiro atoms. The van der Waals surface area contributed by atoms with E-state index in [0.29, 0.717) is 17.8 Å². The van der Waals surface area contributed by atoms with Crippen LogP contribution in [-0.4, -0.2) is 35.8 Å². The molecule has 0 aliphatic carbocycles. The molecular weight excluding hydrogens is 397 g/mol. The molecule has 1 aliphatic heterocycles. The van der Waals surface area contributed by atoms with Crippen molar-refractivity contribution >= 4 is 34.3 Å². The predicted octanol–water partition coefficient (Wildman–Crippen LogP) is 3.80. The Kier molecular flexibility index (Phi) is 5.19. The molecule has 7 heteroatoms. The monoisotopic (exact) mass is 419 g/mol. The number of carbonyl (C=O) groups is 3. The van der Waals surface area contributed by atoms with Crippen molar-refractivity contribution in [3.8, 4) is 0 Å². The molecule has 158 valence electrons. The number of carbonyl (C=O) groups excluding carboxylic acids is 3. The highest BCUT2D eigenvalue weighted by molar-refractivity contribution is 6.10. The van der Waals surface area contributed by atoms with Crippen LogP contribution in [0.2, 0.25) is 0 Å². The Morgan fingerprint density at radius 2 is 1.71 bits per heavy atom. The zero-order valence-electron chi connectivity index (χ0n) is 17.3. The Bertz CT molecular complexity index is 1180. The zero-order chi connectivity index (χ0) is 22.2. The van der Waals surface area contributed by atoms with Gasteiger partial charge in [0.2, 0.25) is 5.91 Å². The van der Waals surface area contributed by atoms with Crippen LogP contribution in [0, 0.1) is 5.82 Å². The number of amides is 4. The lowest BCUT2D eigenvalue weighted by molar-refractivity contribution is -0.134. The Morgan fingerprint density at radius 1 is 1.03 bits per heavy atom. The van der Waals surface area contributed by atoms with Crippen molar-refractivity contribution in [3.63, 3.8) is 0 Å². The van der Waals surface area contributed by atoms with E-state index in [0.717, 1.165) is 15.7 Å². The van der Waals surface area contributed by atoms with Crippen LogP contribution < -0.4 is 10.2 Å². The third kappa shape index (κ3) is 3.63. The van der Waals surface area contributed by atoms with Crippen molar-refractivity contribution in [2.24, 2.45) is 0 Å². The van der Waals surface area contributed by atoms with Crippen LogP contribution in [0.4, 0.5) is 14.9 Å². The molecule has 1 aliphatic rings. The van der Waals surface area contributed by atoms with E-state index in [1.54, 1.807) is 13.8 Å². The summed E-state index contributed by atoms with van der Waals surface area (Å²) in [5.41, 5.74) is -0.127. The first-order valence-corrected chi connectivity index (χ1v) is 10.0. The van der Waals surface area contributed by atoms with Gasteiger partial charge in [-0.1, -0.05) is 36.4 Å². The van der Waals surface area contributed by atoms with Gasteiger partial charge in [-0.25, -0.2) is 9.18 Å². The van der Waals surface area contributed by atoms with Gasteiger partial charge in [-0.05, 0) is 60.5 Å². The highest BCUT2D eigenvalue weighted by Crippen LogP contribution is 2.31. The average molecular weight is 419 g/mol. The fourth-order valence-electron chi connectivity index (χ4n) is 3.88. The van der Waals surface area contributed by atoms with E-state index in [9.17, 15) is 18.8 Å². The van der Waals surface area contributed by atoms with Crippen molar-refractivity contribution < 1.29 is 18.8 Å². The Hall–Kier alpha value is -3.74. The van der Waals surface area contributed by atoms with Crippen LogP contribution in [-0.2, 0) is 15.1 Å². The lowest BCUT2D eigenvalue weighted by atomic mass is 9.90. The molecule has 6 nitrogen and oxygen atoms in total. The zero-order valence-corrected chi connectivity index (χ0v) is 17.3. The molecule has 4 amide bonds. The second-order valence-corrected chi connectivity index (χ2v) is 7.62. The minimum Gasteiger partial charge on any atom is -0.319 e. The Balaban J connectivity index is 1.58. The summed E-state index contributed by atoms with van der Waals surface area (Å²) in [5, 5.41) is 4.71. The van der Waals surface area contributed by atoms with Crippen molar-refractivity contribution in [1.82, 2.24) is 10.2 Å². The molecule has 31 heavy (non-hydrogen) atoms. The summed E-state index contributed by atoms with van der Waals surface area (Å²) in [6.07, 6.45) is 0. The molecule has 0 saturated carbocycles. The van der Waals surface area contributed by atoms with E-state index < -0.39 is 35.7 Å². The summed E-state index contributed by atoms with van der Waals surface area (Å²) in [4.78, 5) is 41.1.